The number of rotatable bonds is 4. The summed E-state index contributed by atoms with van der Waals surface area (Å²) in [4.78, 5) is 19.8. The summed E-state index contributed by atoms with van der Waals surface area (Å²) in [6.45, 7) is 1.98. The number of amides is 1. The van der Waals surface area contributed by atoms with Crippen LogP contribution >= 0.6 is 27.7 Å². The van der Waals surface area contributed by atoms with E-state index in [4.69, 9.17) is 0 Å². The van der Waals surface area contributed by atoms with Gasteiger partial charge >= 0.3 is 0 Å². The van der Waals surface area contributed by atoms with Gasteiger partial charge in [-0.15, -0.1) is 10.2 Å². The Balaban J connectivity index is 1.46. The number of nitrogens with one attached hydrogen (secondary N) is 2. The molecule has 0 aliphatic heterocycles. The number of anilines is 1. The largest absolute Gasteiger partial charge is 0.338 e. The lowest BCUT2D eigenvalue weighted by Gasteiger charge is -2.06. The average molecular weight is 428 g/mol. The first kappa shape index (κ1) is 17.0. The van der Waals surface area contributed by atoms with E-state index in [0.717, 1.165) is 32.1 Å². The summed E-state index contributed by atoms with van der Waals surface area (Å²) in [6.07, 6.45) is 0. The third-order valence-electron chi connectivity index (χ3n) is 3.88. The summed E-state index contributed by atoms with van der Waals surface area (Å²) in [5.74, 6) is 0.0970. The zero-order valence-electron chi connectivity index (χ0n) is 13.8. The van der Waals surface area contributed by atoms with Crippen molar-refractivity contribution in [2.75, 3.05) is 11.1 Å². The Bertz CT molecular complexity index is 1130. The number of halogens is 1. The minimum atomic E-state index is -0.114. The number of para-hydroxylation sites is 1. The molecule has 1 amide bonds. The van der Waals surface area contributed by atoms with Crippen LogP contribution in [-0.4, -0.2) is 31.8 Å². The Morgan fingerprint density at radius 2 is 2.08 bits per heavy atom. The maximum atomic E-state index is 12.2. The Morgan fingerprint density at radius 3 is 2.92 bits per heavy atom. The fourth-order valence-corrected chi connectivity index (χ4v) is 3.45. The van der Waals surface area contributed by atoms with Crippen molar-refractivity contribution >= 4 is 61.4 Å². The highest BCUT2D eigenvalue weighted by Crippen LogP contribution is 2.24. The highest BCUT2D eigenvalue weighted by molar-refractivity contribution is 9.10. The number of H-pyrrole nitrogens is 1. The second-order valence-electron chi connectivity index (χ2n) is 5.76. The van der Waals surface area contributed by atoms with Gasteiger partial charge in [-0.05, 0) is 36.8 Å². The Hall–Kier alpha value is -2.45. The summed E-state index contributed by atoms with van der Waals surface area (Å²) in [5, 5.41) is 12.7. The number of aromatic amines is 1. The SMILES string of the molecule is Cc1cc(NC(=O)CSc2nnc3c(n2)[nH]c2ccccc23)ccc1Br. The van der Waals surface area contributed by atoms with Crippen LogP contribution in [0.15, 0.2) is 52.1 Å². The second kappa shape index (κ2) is 7.05. The number of fused-ring (bicyclic) bond motifs is 3. The Kier molecular flexibility index (Phi) is 4.60. The zero-order chi connectivity index (χ0) is 18.1. The molecule has 26 heavy (non-hydrogen) atoms. The average Bonchev–Trinajstić information content (AvgIpc) is 3.01. The van der Waals surface area contributed by atoms with E-state index in [1.54, 1.807) is 0 Å². The molecule has 2 heterocycles. The first-order valence-electron chi connectivity index (χ1n) is 7.90. The third-order valence-corrected chi connectivity index (χ3v) is 5.60. The predicted octanol–water partition coefficient (Wildman–Crippen LogP) is 4.31. The van der Waals surface area contributed by atoms with Crippen molar-refractivity contribution in [1.82, 2.24) is 20.2 Å². The predicted molar refractivity (Wildman–Crippen MR) is 107 cm³/mol. The molecule has 6 nitrogen and oxygen atoms in total. The van der Waals surface area contributed by atoms with E-state index in [1.165, 1.54) is 11.8 Å². The van der Waals surface area contributed by atoms with Gasteiger partial charge in [0.05, 0.1) is 5.75 Å². The van der Waals surface area contributed by atoms with Gasteiger partial charge in [-0.2, -0.15) is 0 Å². The van der Waals surface area contributed by atoms with Crippen molar-refractivity contribution in [1.29, 1.82) is 0 Å². The summed E-state index contributed by atoms with van der Waals surface area (Å²) in [5.41, 5.74) is 4.20. The number of hydrogen-bond acceptors (Lipinski definition) is 5. The smallest absolute Gasteiger partial charge is 0.234 e. The van der Waals surface area contributed by atoms with Crippen molar-refractivity contribution in [2.24, 2.45) is 0 Å². The van der Waals surface area contributed by atoms with Crippen LogP contribution in [-0.2, 0) is 4.79 Å². The number of aromatic nitrogens is 4. The lowest BCUT2D eigenvalue weighted by molar-refractivity contribution is -0.113. The van der Waals surface area contributed by atoms with Gasteiger partial charge in [-0.3, -0.25) is 4.79 Å². The van der Waals surface area contributed by atoms with Crippen molar-refractivity contribution in [3.8, 4) is 0 Å². The molecule has 0 atom stereocenters. The fourth-order valence-electron chi connectivity index (χ4n) is 2.62. The lowest BCUT2D eigenvalue weighted by Crippen LogP contribution is -2.14. The molecule has 2 aromatic heterocycles. The monoisotopic (exact) mass is 427 g/mol. The van der Waals surface area contributed by atoms with E-state index in [2.05, 4.69) is 41.4 Å². The molecule has 2 aromatic carbocycles. The Morgan fingerprint density at radius 1 is 1.23 bits per heavy atom. The number of carbonyl (C=O) groups excluding carboxylic acids is 1. The molecule has 0 aliphatic rings. The molecular formula is C18H14BrN5OS. The molecule has 0 saturated heterocycles. The van der Waals surface area contributed by atoms with Gasteiger partial charge in [-0.1, -0.05) is 45.9 Å². The number of hydrogen-bond donors (Lipinski definition) is 2. The summed E-state index contributed by atoms with van der Waals surface area (Å²) >= 11 is 4.70. The first-order chi connectivity index (χ1) is 12.6. The van der Waals surface area contributed by atoms with Crippen molar-refractivity contribution < 1.29 is 4.79 Å². The van der Waals surface area contributed by atoms with Crippen molar-refractivity contribution in [2.45, 2.75) is 12.1 Å². The molecule has 2 N–H and O–H groups in total. The minimum absolute atomic E-state index is 0.114. The summed E-state index contributed by atoms with van der Waals surface area (Å²) in [7, 11) is 0. The third kappa shape index (κ3) is 3.42. The van der Waals surface area contributed by atoms with Crippen LogP contribution in [0.5, 0.6) is 0 Å². The Labute approximate surface area is 161 Å². The van der Waals surface area contributed by atoms with E-state index in [0.29, 0.717) is 10.8 Å². The normalized spacial score (nSPS) is 11.2. The molecule has 0 bridgehead atoms. The standard InChI is InChI=1S/C18H14BrN5OS/c1-10-8-11(6-7-13(10)19)20-15(25)9-26-18-22-17-16(23-24-18)12-4-2-3-5-14(12)21-17/h2-8H,9H2,1H3,(H,20,25)(H,21,22,24). The maximum absolute atomic E-state index is 12.2. The van der Waals surface area contributed by atoms with E-state index >= 15 is 0 Å². The van der Waals surface area contributed by atoms with Crippen LogP contribution < -0.4 is 5.32 Å². The number of benzene rings is 2. The first-order valence-corrected chi connectivity index (χ1v) is 9.68. The van der Waals surface area contributed by atoms with Gasteiger partial charge < -0.3 is 10.3 Å². The van der Waals surface area contributed by atoms with Crippen molar-refractivity contribution in [3.63, 3.8) is 0 Å². The van der Waals surface area contributed by atoms with Gasteiger partial charge in [-0.25, -0.2) is 4.98 Å². The second-order valence-corrected chi connectivity index (χ2v) is 7.56. The van der Waals surface area contributed by atoms with Gasteiger partial charge in [0.15, 0.2) is 5.65 Å². The molecule has 0 unspecified atom stereocenters. The quantitative estimate of drug-likeness (QED) is 0.474. The molecular weight excluding hydrogens is 414 g/mol. The van der Waals surface area contributed by atoms with Crippen LogP contribution in [0.3, 0.4) is 0 Å². The summed E-state index contributed by atoms with van der Waals surface area (Å²) < 4.78 is 1.01. The van der Waals surface area contributed by atoms with Gasteiger partial charge in [0.1, 0.15) is 5.52 Å². The molecule has 0 aliphatic carbocycles. The number of aryl methyl sites for hydroxylation is 1. The molecule has 0 saturated carbocycles. The van der Waals surface area contributed by atoms with Crippen molar-refractivity contribution in [3.05, 3.63) is 52.5 Å². The maximum Gasteiger partial charge on any atom is 0.234 e. The highest BCUT2D eigenvalue weighted by Gasteiger charge is 2.11. The number of nitrogens with zero attached hydrogens (tertiary/aromatic N) is 3. The molecule has 4 rings (SSSR count). The zero-order valence-corrected chi connectivity index (χ0v) is 16.2. The van der Waals surface area contributed by atoms with E-state index in [-0.39, 0.29) is 11.7 Å². The molecule has 130 valence electrons. The molecule has 4 aromatic rings. The number of carbonyl (C=O) groups is 1. The number of thioether (sulfide) groups is 1. The van der Waals surface area contributed by atoms with E-state index in [9.17, 15) is 4.79 Å². The van der Waals surface area contributed by atoms with Gasteiger partial charge in [0.2, 0.25) is 11.1 Å². The van der Waals surface area contributed by atoms with Crippen LogP contribution in [0.4, 0.5) is 5.69 Å². The van der Waals surface area contributed by atoms with Gasteiger partial charge in [0, 0.05) is 21.1 Å². The molecule has 0 fully saturated rings. The topological polar surface area (TPSA) is 83.6 Å². The van der Waals surface area contributed by atoms with Crippen LogP contribution in [0.1, 0.15) is 5.56 Å². The molecule has 0 spiro atoms. The van der Waals surface area contributed by atoms with E-state index < -0.39 is 0 Å². The van der Waals surface area contributed by atoms with E-state index in [1.807, 2.05) is 49.4 Å². The molecule has 8 heteroatoms. The minimum Gasteiger partial charge on any atom is -0.338 e. The van der Waals surface area contributed by atoms with Crippen LogP contribution in [0, 0.1) is 6.92 Å². The summed E-state index contributed by atoms with van der Waals surface area (Å²) in [6, 6.07) is 13.5. The fraction of sp³-hybridized carbons (Fsp3) is 0.111. The lowest BCUT2D eigenvalue weighted by atomic mass is 10.2. The van der Waals surface area contributed by atoms with Crippen LogP contribution in [0.25, 0.3) is 22.1 Å². The molecule has 0 radical (unpaired) electrons. The highest BCUT2D eigenvalue weighted by atomic mass is 79.9. The van der Waals surface area contributed by atoms with Crippen LogP contribution in [0.2, 0.25) is 0 Å². The van der Waals surface area contributed by atoms with Gasteiger partial charge in [0.25, 0.3) is 0 Å².